The molecule has 1 aromatic heterocycles. The highest BCUT2D eigenvalue weighted by molar-refractivity contribution is 4.83. The topological polar surface area (TPSA) is 3.88 Å². The first kappa shape index (κ1) is 10.2. The molecular weight excluding hydrogens is 134 g/mol. The van der Waals surface area contributed by atoms with E-state index in [-0.39, 0.29) is 0 Å². The summed E-state index contributed by atoms with van der Waals surface area (Å²) < 4.78 is 2.00. The first-order valence-corrected chi connectivity index (χ1v) is 4.03. The smallest absolute Gasteiger partial charge is 0.168 e. The molecule has 0 atom stereocenters. The van der Waals surface area contributed by atoms with Crippen molar-refractivity contribution in [2.24, 2.45) is 13.0 Å². The minimum atomic E-state index is 0.833. The zero-order chi connectivity index (χ0) is 8.69. The van der Waals surface area contributed by atoms with Gasteiger partial charge < -0.3 is 0 Å². The van der Waals surface area contributed by atoms with Crippen molar-refractivity contribution in [1.82, 2.24) is 0 Å². The van der Waals surface area contributed by atoms with E-state index in [0.717, 1.165) is 5.92 Å². The van der Waals surface area contributed by atoms with Crippen molar-refractivity contribution < 1.29 is 4.57 Å². The molecule has 0 aromatic carbocycles. The molecule has 1 aromatic rings. The quantitative estimate of drug-likeness (QED) is 0.502. The van der Waals surface area contributed by atoms with Crippen molar-refractivity contribution in [1.29, 1.82) is 0 Å². The number of hydrogen-bond acceptors (Lipinski definition) is 0. The molecular formula is C10H18N+. The van der Waals surface area contributed by atoms with Crippen LogP contribution in [0.4, 0.5) is 0 Å². The maximum absolute atomic E-state index is 2.17. The fourth-order valence-corrected chi connectivity index (χ4v) is 0.485. The Bertz CT molecular complexity index is 165. The summed E-state index contributed by atoms with van der Waals surface area (Å²) in [6.45, 7) is 6.50. The van der Waals surface area contributed by atoms with Gasteiger partial charge in [0.15, 0.2) is 12.4 Å². The third-order valence-corrected chi connectivity index (χ3v) is 0.865. The second-order valence-electron chi connectivity index (χ2n) is 3.27. The van der Waals surface area contributed by atoms with Crippen LogP contribution in [0.3, 0.4) is 0 Å². The van der Waals surface area contributed by atoms with Gasteiger partial charge in [0.2, 0.25) is 0 Å². The van der Waals surface area contributed by atoms with Gasteiger partial charge in [-0.2, -0.15) is 0 Å². The molecule has 0 aliphatic heterocycles. The second-order valence-corrected chi connectivity index (χ2v) is 3.27. The lowest BCUT2D eigenvalue weighted by molar-refractivity contribution is -0.671. The van der Waals surface area contributed by atoms with Gasteiger partial charge >= 0.3 is 0 Å². The molecule has 1 heteroatoms. The molecule has 0 spiro atoms. The average molecular weight is 152 g/mol. The summed E-state index contributed by atoms with van der Waals surface area (Å²) in [6, 6.07) is 6.00. The predicted molar refractivity (Wildman–Crippen MR) is 48.1 cm³/mol. The van der Waals surface area contributed by atoms with Crippen molar-refractivity contribution in [2.75, 3.05) is 0 Å². The van der Waals surface area contributed by atoms with Gasteiger partial charge in [0, 0.05) is 12.1 Å². The Balaban J connectivity index is 0.000000218. The summed E-state index contributed by atoms with van der Waals surface area (Å²) >= 11 is 0. The number of rotatable bonds is 0. The Morgan fingerprint density at radius 3 is 1.45 bits per heavy atom. The fourth-order valence-electron chi connectivity index (χ4n) is 0.485. The van der Waals surface area contributed by atoms with E-state index >= 15 is 0 Å². The van der Waals surface area contributed by atoms with Crippen LogP contribution in [-0.2, 0) is 7.05 Å². The number of aromatic nitrogens is 1. The average Bonchev–Trinajstić information content (AvgIpc) is 1.87. The normalized spacial score (nSPS) is 8.82. The van der Waals surface area contributed by atoms with Gasteiger partial charge in [-0.15, -0.1) is 0 Å². The standard InChI is InChI=1S/C6H8N.C4H10/c1-7-5-3-2-4-6-7;1-4(2)3/h2-6H,1H3;4H,1-3H3/q+1;. The maximum atomic E-state index is 2.17. The lowest BCUT2D eigenvalue weighted by Crippen LogP contribution is -2.25. The minimum Gasteiger partial charge on any atom is -0.208 e. The fraction of sp³-hybridized carbons (Fsp3) is 0.500. The van der Waals surface area contributed by atoms with Gasteiger partial charge in [0.25, 0.3) is 0 Å². The highest BCUT2D eigenvalue weighted by atomic mass is 14.9. The third kappa shape index (κ3) is 9.15. The van der Waals surface area contributed by atoms with Crippen LogP contribution in [0, 0.1) is 5.92 Å². The third-order valence-electron chi connectivity index (χ3n) is 0.865. The Hall–Kier alpha value is -0.850. The van der Waals surface area contributed by atoms with Crippen LogP contribution < -0.4 is 4.57 Å². The van der Waals surface area contributed by atoms with Crippen LogP contribution in [-0.4, -0.2) is 0 Å². The summed E-state index contributed by atoms with van der Waals surface area (Å²) in [7, 11) is 2.00. The highest BCUT2D eigenvalue weighted by Crippen LogP contribution is 1.81. The van der Waals surface area contributed by atoms with Crippen LogP contribution in [0.25, 0.3) is 0 Å². The van der Waals surface area contributed by atoms with Crippen LogP contribution in [0.5, 0.6) is 0 Å². The van der Waals surface area contributed by atoms with E-state index in [1.54, 1.807) is 0 Å². The molecule has 0 aliphatic carbocycles. The molecule has 62 valence electrons. The zero-order valence-electron chi connectivity index (χ0n) is 7.91. The lowest BCUT2D eigenvalue weighted by Gasteiger charge is -1.79. The Kier molecular flexibility index (Phi) is 5.44. The number of aryl methyl sites for hydroxylation is 1. The van der Waals surface area contributed by atoms with Crippen molar-refractivity contribution in [2.45, 2.75) is 20.8 Å². The Labute approximate surface area is 69.7 Å². The molecule has 0 saturated carbocycles. The molecule has 0 fully saturated rings. The van der Waals surface area contributed by atoms with E-state index in [4.69, 9.17) is 0 Å². The minimum absolute atomic E-state index is 0.833. The van der Waals surface area contributed by atoms with Crippen molar-refractivity contribution in [3.63, 3.8) is 0 Å². The zero-order valence-corrected chi connectivity index (χ0v) is 7.91. The van der Waals surface area contributed by atoms with Gasteiger partial charge in [-0.3, -0.25) is 0 Å². The number of pyridine rings is 1. The van der Waals surface area contributed by atoms with E-state index in [0.29, 0.717) is 0 Å². The molecule has 1 nitrogen and oxygen atoms in total. The Morgan fingerprint density at radius 2 is 1.27 bits per heavy atom. The first-order valence-electron chi connectivity index (χ1n) is 4.03. The highest BCUT2D eigenvalue weighted by Gasteiger charge is 1.78. The van der Waals surface area contributed by atoms with Crippen molar-refractivity contribution >= 4 is 0 Å². The SMILES string of the molecule is CC(C)C.C[n+]1ccccc1. The molecule has 11 heavy (non-hydrogen) atoms. The van der Waals surface area contributed by atoms with Crippen LogP contribution in [0.1, 0.15) is 20.8 Å². The van der Waals surface area contributed by atoms with Crippen LogP contribution >= 0.6 is 0 Å². The number of hydrogen-bond donors (Lipinski definition) is 0. The van der Waals surface area contributed by atoms with Crippen molar-refractivity contribution in [3.05, 3.63) is 30.6 Å². The second kappa shape index (κ2) is 5.90. The summed E-state index contributed by atoms with van der Waals surface area (Å²) in [5.74, 6) is 0.833. The molecule has 0 unspecified atom stereocenters. The van der Waals surface area contributed by atoms with E-state index in [2.05, 4.69) is 20.8 Å². The van der Waals surface area contributed by atoms with Gasteiger partial charge in [-0.1, -0.05) is 26.8 Å². The lowest BCUT2D eigenvalue weighted by atomic mass is 10.3. The van der Waals surface area contributed by atoms with Crippen LogP contribution in [0.15, 0.2) is 30.6 Å². The molecule has 0 aliphatic rings. The van der Waals surface area contributed by atoms with Crippen molar-refractivity contribution in [3.8, 4) is 0 Å². The predicted octanol–water partition coefficient (Wildman–Crippen LogP) is 2.17. The van der Waals surface area contributed by atoms with Gasteiger partial charge in [0.1, 0.15) is 7.05 Å². The molecule has 0 bridgehead atoms. The molecule has 0 amide bonds. The molecule has 0 N–H and O–H groups in total. The van der Waals surface area contributed by atoms with Gasteiger partial charge in [-0.05, 0) is 5.92 Å². The van der Waals surface area contributed by atoms with E-state index in [1.165, 1.54) is 0 Å². The molecule has 1 heterocycles. The van der Waals surface area contributed by atoms with Crippen LogP contribution in [0.2, 0.25) is 0 Å². The first-order chi connectivity index (χ1) is 5.13. The Morgan fingerprint density at radius 1 is 0.909 bits per heavy atom. The summed E-state index contributed by atoms with van der Waals surface area (Å²) in [4.78, 5) is 0. The molecule has 0 saturated heterocycles. The van der Waals surface area contributed by atoms with E-state index < -0.39 is 0 Å². The molecule has 1 rings (SSSR count). The van der Waals surface area contributed by atoms with E-state index in [9.17, 15) is 0 Å². The monoisotopic (exact) mass is 152 g/mol. The van der Waals surface area contributed by atoms with E-state index in [1.807, 2.05) is 42.2 Å². The number of nitrogens with zero attached hydrogens (tertiary/aromatic N) is 1. The largest absolute Gasteiger partial charge is 0.208 e. The van der Waals surface area contributed by atoms with Gasteiger partial charge in [-0.25, -0.2) is 4.57 Å². The summed E-state index contributed by atoms with van der Waals surface area (Å²) in [6.07, 6.45) is 4.00. The summed E-state index contributed by atoms with van der Waals surface area (Å²) in [5, 5.41) is 0. The maximum Gasteiger partial charge on any atom is 0.168 e. The molecule has 0 radical (unpaired) electrons. The van der Waals surface area contributed by atoms with Gasteiger partial charge in [0.05, 0.1) is 0 Å². The summed E-state index contributed by atoms with van der Waals surface area (Å²) in [5.41, 5.74) is 0.